The lowest BCUT2D eigenvalue weighted by atomic mass is 9.66. The lowest BCUT2D eigenvalue weighted by molar-refractivity contribution is -0.147. The van der Waals surface area contributed by atoms with Crippen molar-refractivity contribution in [3.05, 3.63) is 0 Å². The summed E-state index contributed by atoms with van der Waals surface area (Å²) in [6, 6.07) is -1.02. The highest BCUT2D eigenvalue weighted by molar-refractivity contribution is 5.92. The van der Waals surface area contributed by atoms with Crippen molar-refractivity contribution < 1.29 is 24.3 Å². The fourth-order valence-corrected chi connectivity index (χ4v) is 2.42. The van der Waals surface area contributed by atoms with Crippen LogP contribution in [0.1, 0.15) is 60.8 Å². The quantitative estimate of drug-likeness (QED) is 0.299. The van der Waals surface area contributed by atoms with Gasteiger partial charge in [0.1, 0.15) is 6.04 Å². The highest BCUT2D eigenvalue weighted by Gasteiger charge is 2.48. The molecular formula is C19H36N4O5. The summed E-state index contributed by atoms with van der Waals surface area (Å²) >= 11 is 0. The van der Waals surface area contributed by atoms with Gasteiger partial charge in [-0.05, 0) is 33.1 Å². The van der Waals surface area contributed by atoms with E-state index in [-0.39, 0.29) is 30.8 Å². The summed E-state index contributed by atoms with van der Waals surface area (Å²) in [5, 5.41) is 17.1. The normalized spacial score (nSPS) is 13.0. The van der Waals surface area contributed by atoms with Gasteiger partial charge in [-0.2, -0.15) is 0 Å². The predicted molar refractivity (Wildman–Crippen MR) is 106 cm³/mol. The number of carbonyl (C=O) groups is 4. The smallest absolute Gasteiger partial charge is 0.326 e. The van der Waals surface area contributed by atoms with Crippen LogP contribution in [-0.2, 0) is 19.2 Å². The van der Waals surface area contributed by atoms with E-state index in [9.17, 15) is 19.2 Å². The molecule has 0 heterocycles. The van der Waals surface area contributed by atoms with E-state index in [1.54, 1.807) is 27.7 Å². The molecule has 0 aromatic heterocycles. The minimum atomic E-state index is -1.12. The lowest BCUT2D eigenvalue weighted by Crippen LogP contribution is -2.54. The molecule has 0 radical (unpaired) electrons. The zero-order valence-electron chi connectivity index (χ0n) is 17.8. The highest BCUT2D eigenvalue weighted by atomic mass is 16.4. The van der Waals surface area contributed by atoms with Gasteiger partial charge in [0, 0.05) is 12.6 Å². The van der Waals surface area contributed by atoms with Crippen molar-refractivity contribution in [3.8, 4) is 0 Å². The van der Waals surface area contributed by atoms with Gasteiger partial charge in [0.05, 0.1) is 17.4 Å². The topological polar surface area (TPSA) is 151 Å². The average molecular weight is 401 g/mol. The number of carboxylic acid groups (broad SMARTS) is 1. The molecule has 9 heteroatoms. The van der Waals surface area contributed by atoms with E-state index < -0.39 is 28.7 Å². The molecule has 28 heavy (non-hydrogen) atoms. The number of unbranched alkanes of at least 4 members (excludes halogenated alkanes) is 1. The highest BCUT2D eigenvalue weighted by Crippen LogP contribution is 2.39. The monoisotopic (exact) mass is 400 g/mol. The number of carbonyl (C=O) groups excluding carboxylic acids is 3. The molecule has 0 rings (SSSR count). The van der Waals surface area contributed by atoms with Crippen LogP contribution in [0.25, 0.3) is 0 Å². The Balaban J connectivity index is 4.58. The van der Waals surface area contributed by atoms with Gasteiger partial charge in [-0.1, -0.05) is 27.7 Å². The molecule has 1 atom stereocenters. The summed E-state index contributed by atoms with van der Waals surface area (Å²) < 4.78 is 0. The molecule has 0 fully saturated rings. The molecule has 0 aliphatic carbocycles. The van der Waals surface area contributed by atoms with Gasteiger partial charge in [0.25, 0.3) is 0 Å². The number of nitrogens with two attached hydrogens (primary N) is 1. The van der Waals surface area contributed by atoms with Gasteiger partial charge in [-0.25, -0.2) is 4.79 Å². The van der Waals surface area contributed by atoms with E-state index in [1.165, 1.54) is 0 Å². The van der Waals surface area contributed by atoms with Gasteiger partial charge < -0.3 is 26.8 Å². The second kappa shape index (κ2) is 11.0. The minimum Gasteiger partial charge on any atom is -0.480 e. The number of amides is 3. The van der Waals surface area contributed by atoms with Gasteiger partial charge in [0.15, 0.2) is 0 Å². The summed E-state index contributed by atoms with van der Waals surface area (Å²) in [7, 11) is 0. The van der Waals surface area contributed by atoms with Gasteiger partial charge in [-0.15, -0.1) is 0 Å². The van der Waals surface area contributed by atoms with Crippen LogP contribution < -0.4 is 21.7 Å². The maximum absolute atomic E-state index is 12.6. The summed E-state index contributed by atoms with van der Waals surface area (Å²) in [5.41, 5.74) is 3.32. The number of hydrogen-bond acceptors (Lipinski definition) is 5. The van der Waals surface area contributed by atoms with E-state index in [4.69, 9.17) is 10.8 Å². The maximum atomic E-state index is 12.6. The number of hydrogen-bond donors (Lipinski definition) is 5. The number of aliphatic carboxylic acids is 1. The summed E-state index contributed by atoms with van der Waals surface area (Å²) in [4.78, 5) is 47.5. The van der Waals surface area contributed by atoms with Crippen molar-refractivity contribution in [3.63, 3.8) is 0 Å². The third kappa shape index (κ3) is 7.46. The average Bonchev–Trinajstić information content (AvgIpc) is 2.58. The van der Waals surface area contributed by atoms with Gasteiger partial charge in [0.2, 0.25) is 17.7 Å². The van der Waals surface area contributed by atoms with Crippen LogP contribution in [0, 0.1) is 10.8 Å². The Bertz CT molecular complexity index is 573. The molecule has 6 N–H and O–H groups in total. The molecule has 3 amide bonds. The molecule has 0 bridgehead atoms. The van der Waals surface area contributed by atoms with Crippen LogP contribution in [0.3, 0.4) is 0 Å². The van der Waals surface area contributed by atoms with Crippen LogP contribution >= 0.6 is 0 Å². The van der Waals surface area contributed by atoms with Crippen molar-refractivity contribution in [2.24, 2.45) is 16.6 Å². The van der Waals surface area contributed by atoms with Crippen LogP contribution in [0.2, 0.25) is 0 Å². The van der Waals surface area contributed by atoms with Crippen molar-refractivity contribution in [1.82, 2.24) is 16.0 Å². The van der Waals surface area contributed by atoms with E-state index in [0.29, 0.717) is 19.4 Å². The molecular weight excluding hydrogens is 364 g/mol. The molecule has 9 nitrogen and oxygen atoms in total. The summed E-state index contributed by atoms with van der Waals surface area (Å²) in [5.74, 6) is -2.08. The van der Waals surface area contributed by atoms with Crippen LogP contribution in [0.4, 0.5) is 0 Å². The lowest BCUT2D eigenvalue weighted by Gasteiger charge is -2.39. The Morgan fingerprint density at radius 2 is 1.46 bits per heavy atom. The van der Waals surface area contributed by atoms with Crippen molar-refractivity contribution >= 4 is 23.7 Å². The molecule has 0 spiro atoms. The Labute approximate surface area is 167 Å². The first-order valence-corrected chi connectivity index (χ1v) is 9.58. The zero-order chi connectivity index (χ0) is 22.1. The second-order valence-corrected chi connectivity index (χ2v) is 8.29. The SMILES string of the molecule is CC(C)NC(=O)C(C)(C)C(C)(C)C(=O)NCCCCC(NC(=O)CN)C(=O)O. The van der Waals surface area contributed by atoms with Crippen molar-refractivity contribution in [2.45, 2.75) is 72.9 Å². The van der Waals surface area contributed by atoms with Crippen molar-refractivity contribution in [1.29, 1.82) is 0 Å². The Morgan fingerprint density at radius 1 is 0.929 bits per heavy atom. The van der Waals surface area contributed by atoms with Gasteiger partial charge in [-0.3, -0.25) is 14.4 Å². The van der Waals surface area contributed by atoms with Crippen LogP contribution in [0.5, 0.6) is 0 Å². The summed E-state index contributed by atoms with van der Waals surface area (Å²) in [6.45, 7) is 10.7. The maximum Gasteiger partial charge on any atom is 0.326 e. The van der Waals surface area contributed by atoms with Crippen LogP contribution in [0.15, 0.2) is 0 Å². The van der Waals surface area contributed by atoms with Gasteiger partial charge >= 0.3 is 5.97 Å². The van der Waals surface area contributed by atoms with Crippen LogP contribution in [-0.4, -0.2) is 54.0 Å². The fraction of sp³-hybridized carbons (Fsp3) is 0.789. The number of nitrogens with one attached hydrogen (secondary N) is 3. The fourth-order valence-electron chi connectivity index (χ4n) is 2.42. The molecule has 0 aromatic rings. The Morgan fingerprint density at radius 3 is 1.93 bits per heavy atom. The molecule has 0 aliphatic rings. The molecule has 0 saturated heterocycles. The molecule has 1 unspecified atom stereocenters. The number of rotatable bonds is 12. The predicted octanol–water partition coefficient (Wildman–Crippen LogP) is 0.378. The molecule has 162 valence electrons. The third-order valence-electron chi connectivity index (χ3n) is 5.14. The van der Waals surface area contributed by atoms with E-state index in [0.717, 1.165) is 0 Å². The standard InChI is InChI=1S/C19H36N4O5/c1-12(2)22-17(28)19(5,6)18(3,4)16(27)21-10-8-7-9-13(15(25)26)23-14(24)11-20/h12-13H,7-11,20H2,1-6H3,(H,21,27)(H,22,28)(H,23,24)(H,25,26). The largest absolute Gasteiger partial charge is 0.480 e. The third-order valence-corrected chi connectivity index (χ3v) is 5.14. The van der Waals surface area contributed by atoms with E-state index in [1.807, 2.05) is 13.8 Å². The molecule has 0 saturated carbocycles. The first-order chi connectivity index (χ1) is 12.8. The minimum absolute atomic E-state index is 0.0208. The van der Waals surface area contributed by atoms with E-state index >= 15 is 0 Å². The molecule has 0 aliphatic heterocycles. The Hall–Kier alpha value is -2.16. The van der Waals surface area contributed by atoms with E-state index in [2.05, 4.69) is 16.0 Å². The summed E-state index contributed by atoms with van der Waals surface area (Å²) in [6.07, 6.45) is 1.28. The molecule has 0 aromatic carbocycles. The zero-order valence-corrected chi connectivity index (χ0v) is 17.8. The second-order valence-electron chi connectivity index (χ2n) is 8.29. The number of carboxylic acids is 1. The first-order valence-electron chi connectivity index (χ1n) is 9.58. The first kappa shape index (κ1) is 25.8. The Kier molecular flexibility index (Phi) is 10.1. The van der Waals surface area contributed by atoms with Crippen molar-refractivity contribution in [2.75, 3.05) is 13.1 Å².